The summed E-state index contributed by atoms with van der Waals surface area (Å²) in [5.74, 6) is 0.340. The van der Waals surface area contributed by atoms with Crippen molar-refractivity contribution in [3.63, 3.8) is 0 Å². The fourth-order valence-corrected chi connectivity index (χ4v) is 3.45. The first-order valence-corrected chi connectivity index (χ1v) is 8.18. The molecule has 1 saturated heterocycles. The van der Waals surface area contributed by atoms with Crippen LogP contribution in [0.3, 0.4) is 0 Å². The number of thiazole rings is 1. The summed E-state index contributed by atoms with van der Waals surface area (Å²) in [6, 6.07) is 0. The van der Waals surface area contributed by atoms with Gasteiger partial charge in [-0.3, -0.25) is 4.79 Å². The average molecular weight is 312 g/mol. The molecule has 1 aromatic rings. The number of amides is 1. The molecule has 2 rings (SSSR count). The molecule has 0 spiro atoms. The van der Waals surface area contributed by atoms with Crippen LogP contribution in [-0.2, 0) is 4.74 Å². The van der Waals surface area contributed by atoms with Gasteiger partial charge in [0.1, 0.15) is 10.7 Å². The molecule has 0 saturated carbocycles. The minimum absolute atomic E-state index is 0.00398. The molecule has 0 aromatic carbocycles. The van der Waals surface area contributed by atoms with Crippen molar-refractivity contribution in [2.45, 2.75) is 32.3 Å². The maximum Gasteiger partial charge on any atom is 0.267 e. The summed E-state index contributed by atoms with van der Waals surface area (Å²) in [5, 5.41) is 0.810. The van der Waals surface area contributed by atoms with Crippen LogP contribution in [0, 0.1) is 0 Å². The quantitative estimate of drug-likeness (QED) is 0.898. The Labute approximate surface area is 129 Å². The monoisotopic (exact) mass is 312 g/mol. The highest BCUT2D eigenvalue weighted by Gasteiger charge is 2.27. The van der Waals surface area contributed by atoms with Crippen LogP contribution in [0.25, 0.3) is 0 Å². The van der Waals surface area contributed by atoms with E-state index in [1.165, 1.54) is 11.3 Å². The fourth-order valence-electron chi connectivity index (χ4n) is 2.51. The molecule has 1 fully saturated rings. The average Bonchev–Trinajstić information content (AvgIpc) is 2.89. The maximum absolute atomic E-state index is 12.6. The smallest absolute Gasteiger partial charge is 0.267 e. The van der Waals surface area contributed by atoms with Crippen molar-refractivity contribution in [1.82, 2.24) is 9.88 Å². The zero-order valence-electron chi connectivity index (χ0n) is 13.0. The van der Waals surface area contributed by atoms with Crippen LogP contribution in [-0.4, -0.2) is 55.7 Å². The van der Waals surface area contributed by atoms with Crippen molar-refractivity contribution in [3.05, 3.63) is 4.88 Å². The predicted molar refractivity (Wildman–Crippen MR) is 86.0 cm³/mol. The van der Waals surface area contributed by atoms with E-state index in [1.807, 2.05) is 16.8 Å². The summed E-state index contributed by atoms with van der Waals surface area (Å²) in [6.07, 6.45) is 3.05. The minimum atomic E-state index is -0.00398. The second-order valence-electron chi connectivity index (χ2n) is 5.36. The van der Waals surface area contributed by atoms with Gasteiger partial charge in [0.15, 0.2) is 5.13 Å². The third-order valence-electron chi connectivity index (χ3n) is 3.78. The van der Waals surface area contributed by atoms with E-state index in [0.29, 0.717) is 10.7 Å². The largest absolute Gasteiger partial charge is 0.382 e. The molecular formula is C14H24N4O2S. The zero-order chi connectivity index (χ0) is 15.4. The second-order valence-corrected chi connectivity index (χ2v) is 6.34. The topological polar surface area (TPSA) is 71.7 Å². The van der Waals surface area contributed by atoms with E-state index < -0.39 is 0 Å². The number of carbonyl (C=O) groups excluding carboxylic acids is 1. The van der Waals surface area contributed by atoms with Crippen molar-refractivity contribution < 1.29 is 9.53 Å². The fraction of sp³-hybridized carbons (Fsp3) is 0.714. The SMILES string of the molecule is CCCN(C)c1nc(N)c(C(=O)N2CCC(OC)CC2)s1. The number of aromatic nitrogens is 1. The lowest BCUT2D eigenvalue weighted by atomic mass is 10.1. The highest BCUT2D eigenvalue weighted by Crippen LogP contribution is 2.29. The standard InChI is InChI=1S/C14H24N4O2S/c1-4-7-17(2)14-16-12(15)11(21-14)13(19)18-8-5-10(20-3)6-9-18/h10H,4-9,15H2,1-3H3. The summed E-state index contributed by atoms with van der Waals surface area (Å²) in [6.45, 7) is 4.45. The summed E-state index contributed by atoms with van der Waals surface area (Å²) >= 11 is 1.38. The Morgan fingerprint density at radius 1 is 1.52 bits per heavy atom. The number of nitrogens with two attached hydrogens (primary N) is 1. The number of likely N-dealkylation sites (tertiary alicyclic amines) is 1. The van der Waals surface area contributed by atoms with E-state index in [4.69, 9.17) is 10.5 Å². The van der Waals surface area contributed by atoms with E-state index >= 15 is 0 Å². The van der Waals surface area contributed by atoms with Crippen LogP contribution < -0.4 is 10.6 Å². The number of piperidine rings is 1. The Bertz CT molecular complexity index is 483. The highest BCUT2D eigenvalue weighted by molar-refractivity contribution is 7.18. The van der Waals surface area contributed by atoms with Gasteiger partial charge in [-0.15, -0.1) is 0 Å². The molecule has 0 bridgehead atoms. The Hall–Kier alpha value is -1.34. The van der Waals surface area contributed by atoms with Crippen molar-refractivity contribution in [1.29, 1.82) is 0 Å². The third-order valence-corrected chi connectivity index (χ3v) is 4.96. The van der Waals surface area contributed by atoms with Crippen LogP contribution in [0.15, 0.2) is 0 Å². The molecule has 1 aliphatic rings. The van der Waals surface area contributed by atoms with Crippen molar-refractivity contribution >= 4 is 28.2 Å². The van der Waals surface area contributed by atoms with Gasteiger partial charge in [0, 0.05) is 33.8 Å². The molecule has 0 unspecified atom stereocenters. The zero-order valence-corrected chi connectivity index (χ0v) is 13.8. The van der Waals surface area contributed by atoms with Crippen LogP contribution in [0.2, 0.25) is 0 Å². The lowest BCUT2D eigenvalue weighted by Gasteiger charge is -2.30. The van der Waals surface area contributed by atoms with Gasteiger partial charge in [0.25, 0.3) is 5.91 Å². The summed E-state index contributed by atoms with van der Waals surface area (Å²) in [5.41, 5.74) is 5.94. The number of hydrogen-bond acceptors (Lipinski definition) is 6. The van der Waals surface area contributed by atoms with Gasteiger partial charge < -0.3 is 20.3 Å². The van der Waals surface area contributed by atoms with E-state index in [-0.39, 0.29) is 12.0 Å². The number of nitrogens with zero attached hydrogens (tertiary/aromatic N) is 3. The van der Waals surface area contributed by atoms with Gasteiger partial charge >= 0.3 is 0 Å². The third kappa shape index (κ3) is 3.65. The molecule has 6 nitrogen and oxygen atoms in total. The molecule has 1 aliphatic heterocycles. The van der Waals surface area contributed by atoms with Crippen molar-refractivity contribution in [2.75, 3.05) is 44.4 Å². The molecule has 118 valence electrons. The molecule has 1 amide bonds. The van der Waals surface area contributed by atoms with E-state index in [9.17, 15) is 4.79 Å². The van der Waals surface area contributed by atoms with Crippen LogP contribution in [0.1, 0.15) is 35.9 Å². The Morgan fingerprint density at radius 2 is 2.19 bits per heavy atom. The minimum Gasteiger partial charge on any atom is -0.382 e. The molecule has 0 radical (unpaired) electrons. The van der Waals surface area contributed by atoms with Gasteiger partial charge in [-0.1, -0.05) is 18.3 Å². The van der Waals surface area contributed by atoms with E-state index in [1.54, 1.807) is 7.11 Å². The molecule has 2 heterocycles. The first-order valence-electron chi connectivity index (χ1n) is 7.36. The second kappa shape index (κ2) is 7.09. The van der Waals surface area contributed by atoms with Gasteiger partial charge in [-0.05, 0) is 19.3 Å². The first-order chi connectivity index (χ1) is 10.1. The summed E-state index contributed by atoms with van der Waals surface area (Å²) in [4.78, 5) is 21.3. The Balaban J connectivity index is 2.06. The van der Waals surface area contributed by atoms with E-state index in [2.05, 4.69) is 11.9 Å². The van der Waals surface area contributed by atoms with Gasteiger partial charge in [0.05, 0.1) is 6.10 Å². The number of nitrogen functional groups attached to an aromatic ring is 1. The predicted octanol–water partition coefficient (Wildman–Crippen LogP) is 1.82. The number of methoxy groups -OCH3 is 1. The van der Waals surface area contributed by atoms with E-state index in [0.717, 1.165) is 44.0 Å². The lowest BCUT2D eigenvalue weighted by molar-refractivity contribution is 0.0354. The molecular weight excluding hydrogens is 288 g/mol. The lowest BCUT2D eigenvalue weighted by Crippen LogP contribution is -2.40. The molecule has 7 heteroatoms. The maximum atomic E-state index is 12.6. The summed E-state index contributed by atoms with van der Waals surface area (Å²) in [7, 11) is 3.69. The van der Waals surface area contributed by atoms with Crippen LogP contribution in [0.5, 0.6) is 0 Å². The van der Waals surface area contributed by atoms with Crippen molar-refractivity contribution in [3.8, 4) is 0 Å². The van der Waals surface area contributed by atoms with Crippen LogP contribution >= 0.6 is 11.3 Å². The number of rotatable bonds is 5. The first kappa shape index (κ1) is 16.0. The number of carbonyl (C=O) groups is 1. The number of anilines is 2. The molecule has 0 aliphatic carbocycles. The highest BCUT2D eigenvalue weighted by atomic mass is 32.1. The molecule has 2 N–H and O–H groups in total. The van der Waals surface area contributed by atoms with Crippen LogP contribution in [0.4, 0.5) is 10.9 Å². The Kier molecular flexibility index (Phi) is 5.41. The Morgan fingerprint density at radius 3 is 2.76 bits per heavy atom. The summed E-state index contributed by atoms with van der Waals surface area (Å²) < 4.78 is 5.33. The van der Waals surface area contributed by atoms with Gasteiger partial charge in [-0.25, -0.2) is 4.98 Å². The number of ether oxygens (including phenoxy) is 1. The van der Waals surface area contributed by atoms with Gasteiger partial charge in [0.2, 0.25) is 0 Å². The normalized spacial score (nSPS) is 16.2. The number of hydrogen-bond donors (Lipinski definition) is 1. The molecule has 21 heavy (non-hydrogen) atoms. The van der Waals surface area contributed by atoms with Crippen molar-refractivity contribution in [2.24, 2.45) is 0 Å². The molecule has 1 aromatic heterocycles. The van der Waals surface area contributed by atoms with Gasteiger partial charge in [-0.2, -0.15) is 0 Å². The molecule has 0 atom stereocenters.